The van der Waals surface area contributed by atoms with Crippen molar-refractivity contribution in [3.63, 3.8) is 0 Å². The molecule has 0 aliphatic carbocycles. The number of hydrogen-bond acceptors (Lipinski definition) is 5. The van der Waals surface area contributed by atoms with Crippen molar-refractivity contribution in [3.05, 3.63) is 65.5 Å². The van der Waals surface area contributed by atoms with Gasteiger partial charge in [0, 0.05) is 37.1 Å². The summed E-state index contributed by atoms with van der Waals surface area (Å²) < 4.78 is 35.4. The van der Waals surface area contributed by atoms with Gasteiger partial charge in [-0.05, 0) is 70.4 Å². The summed E-state index contributed by atoms with van der Waals surface area (Å²) in [6, 6.07) is 6.82. The molecule has 0 radical (unpaired) electrons. The van der Waals surface area contributed by atoms with Crippen LogP contribution in [-0.2, 0) is 4.74 Å². The van der Waals surface area contributed by atoms with Gasteiger partial charge in [0.2, 0.25) is 0 Å². The van der Waals surface area contributed by atoms with Gasteiger partial charge in [0.05, 0.1) is 29.4 Å². The lowest BCUT2D eigenvalue weighted by molar-refractivity contribution is 0.0502. The lowest BCUT2D eigenvalue weighted by atomic mass is 10.0. The third-order valence-corrected chi connectivity index (χ3v) is 6.83. The van der Waals surface area contributed by atoms with E-state index in [9.17, 15) is 18.4 Å². The number of pyridine rings is 1. The van der Waals surface area contributed by atoms with Gasteiger partial charge in [0.15, 0.2) is 0 Å². The highest BCUT2D eigenvalue weighted by molar-refractivity contribution is 6.01. The molecule has 0 spiro atoms. The van der Waals surface area contributed by atoms with E-state index in [1.165, 1.54) is 12.1 Å². The summed E-state index contributed by atoms with van der Waals surface area (Å²) in [5.41, 5.74) is 1.65. The number of rotatable bonds is 4. The van der Waals surface area contributed by atoms with Gasteiger partial charge in [-0.25, -0.2) is 18.1 Å². The monoisotopic (exact) mass is 511 g/mol. The molecule has 2 aliphatic rings. The van der Waals surface area contributed by atoms with E-state index in [2.05, 4.69) is 15.3 Å². The van der Waals surface area contributed by atoms with E-state index in [1.807, 2.05) is 12.1 Å². The number of halogens is 2. The highest BCUT2D eigenvalue weighted by atomic mass is 19.1. The quantitative estimate of drug-likeness (QED) is 0.550. The highest BCUT2D eigenvalue weighted by Crippen LogP contribution is 2.38. The first kappa shape index (κ1) is 25.0. The zero-order chi connectivity index (χ0) is 26.3. The number of nitrogens with one attached hydrogen (secondary N) is 1. The molecule has 2 aliphatic heterocycles. The van der Waals surface area contributed by atoms with E-state index in [0.717, 1.165) is 18.2 Å². The number of alkyl carbamates (subject to hydrolysis) is 1. The summed E-state index contributed by atoms with van der Waals surface area (Å²) in [5, 5.41) is 7.18. The first-order valence-corrected chi connectivity index (χ1v) is 12.6. The summed E-state index contributed by atoms with van der Waals surface area (Å²) in [6.45, 7) is 6.98. The summed E-state index contributed by atoms with van der Waals surface area (Å²) in [6.07, 6.45) is 5.00. The molecule has 2 saturated heterocycles. The maximum Gasteiger partial charge on any atom is 0.407 e. The van der Waals surface area contributed by atoms with Crippen molar-refractivity contribution < 1.29 is 23.1 Å². The van der Waals surface area contributed by atoms with Crippen LogP contribution in [0.4, 0.5) is 19.3 Å². The van der Waals surface area contributed by atoms with Crippen LogP contribution in [-0.4, -0.2) is 57.8 Å². The molecule has 10 heteroatoms. The Kier molecular flexibility index (Phi) is 6.51. The van der Waals surface area contributed by atoms with Crippen LogP contribution in [0.3, 0.4) is 0 Å². The number of anilines is 1. The van der Waals surface area contributed by atoms with Crippen molar-refractivity contribution in [3.8, 4) is 0 Å². The summed E-state index contributed by atoms with van der Waals surface area (Å²) in [4.78, 5) is 29.3. The van der Waals surface area contributed by atoms with E-state index in [1.54, 1.807) is 42.6 Å². The molecule has 2 fully saturated rings. The number of hydrogen-bond donors (Lipinski definition) is 1. The Labute approximate surface area is 214 Å². The zero-order valence-electron chi connectivity index (χ0n) is 21.2. The molecule has 1 N–H and O–H groups in total. The van der Waals surface area contributed by atoms with Gasteiger partial charge in [-0.1, -0.05) is 0 Å². The number of fused-ring (bicyclic) bond motifs is 1. The second-order valence-electron chi connectivity index (χ2n) is 10.7. The molecule has 1 aromatic carbocycles. The largest absolute Gasteiger partial charge is 0.444 e. The van der Waals surface area contributed by atoms with Crippen LogP contribution in [0.25, 0.3) is 5.52 Å². The second kappa shape index (κ2) is 9.64. The van der Waals surface area contributed by atoms with Crippen LogP contribution < -0.4 is 10.2 Å². The number of benzene rings is 1. The topological polar surface area (TPSA) is 79.2 Å². The van der Waals surface area contributed by atoms with Crippen LogP contribution in [0.1, 0.15) is 62.0 Å². The van der Waals surface area contributed by atoms with Gasteiger partial charge in [-0.3, -0.25) is 4.79 Å². The lowest BCUT2D eigenvalue weighted by Crippen LogP contribution is -2.41. The number of likely N-dealkylation sites (tertiary alicyclic amines) is 1. The predicted molar refractivity (Wildman–Crippen MR) is 135 cm³/mol. The number of ether oxygens (including phenoxy) is 1. The summed E-state index contributed by atoms with van der Waals surface area (Å²) in [7, 11) is 0. The average molecular weight is 512 g/mol. The number of aromatic nitrogens is 2. The van der Waals surface area contributed by atoms with Crippen LogP contribution >= 0.6 is 0 Å². The van der Waals surface area contributed by atoms with Gasteiger partial charge in [-0.15, -0.1) is 0 Å². The SMILES string of the molecule is CC(C)(C)OC(=O)N[C@H]1CCN(C(=O)c2cnn3ccc(N4CCC[C@@H]4c4cc(F)ccc4F)cc23)C1. The number of carbonyl (C=O) groups is 2. The first-order valence-electron chi connectivity index (χ1n) is 12.6. The van der Waals surface area contributed by atoms with Crippen LogP contribution in [0.5, 0.6) is 0 Å². The molecule has 8 nitrogen and oxygen atoms in total. The maximum atomic E-state index is 14.6. The summed E-state index contributed by atoms with van der Waals surface area (Å²) >= 11 is 0. The fraction of sp³-hybridized carbons (Fsp3) is 0.444. The average Bonchev–Trinajstić information content (AvgIpc) is 3.58. The van der Waals surface area contributed by atoms with Crippen LogP contribution in [0, 0.1) is 11.6 Å². The molecule has 2 amide bonds. The third kappa shape index (κ3) is 5.23. The third-order valence-electron chi connectivity index (χ3n) is 6.83. The Morgan fingerprint density at radius 1 is 1.11 bits per heavy atom. The van der Waals surface area contributed by atoms with Crippen molar-refractivity contribution >= 4 is 23.2 Å². The molecule has 196 valence electrons. The minimum atomic E-state index is -0.595. The molecular weight excluding hydrogens is 480 g/mol. The molecule has 0 bridgehead atoms. The molecule has 3 aromatic rings. The molecule has 2 atom stereocenters. The predicted octanol–water partition coefficient (Wildman–Crippen LogP) is 4.69. The molecule has 37 heavy (non-hydrogen) atoms. The number of nitrogens with zero attached hydrogens (tertiary/aromatic N) is 4. The smallest absolute Gasteiger partial charge is 0.407 e. The van der Waals surface area contributed by atoms with Gasteiger partial charge in [0.25, 0.3) is 5.91 Å². The Morgan fingerprint density at radius 3 is 2.70 bits per heavy atom. The van der Waals surface area contributed by atoms with Gasteiger partial charge < -0.3 is 19.9 Å². The van der Waals surface area contributed by atoms with Gasteiger partial charge in [0.1, 0.15) is 17.2 Å². The molecule has 5 rings (SSSR count). The molecule has 0 unspecified atom stereocenters. The minimum absolute atomic E-state index is 0.171. The van der Waals surface area contributed by atoms with Crippen molar-refractivity contribution in [2.75, 3.05) is 24.5 Å². The molecule has 4 heterocycles. The van der Waals surface area contributed by atoms with E-state index in [4.69, 9.17) is 4.74 Å². The molecular formula is C27H31F2N5O3. The Hall–Kier alpha value is -3.69. The zero-order valence-corrected chi connectivity index (χ0v) is 21.2. The molecule has 2 aromatic heterocycles. The van der Waals surface area contributed by atoms with Gasteiger partial charge in [-0.2, -0.15) is 5.10 Å². The van der Waals surface area contributed by atoms with Crippen LogP contribution in [0.2, 0.25) is 0 Å². The van der Waals surface area contributed by atoms with Crippen molar-refractivity contribution in [1.82, 2.24) is 19.8 Å². The summed E-state index contributed by atoms with van der Waals surface area (Å²) in [5.74, 6) is -1.06. The number of amides is 2. The fourth-order valence-electron chi connectivity index (χ4n) is 5.19. The number of carbonyl (C=O) groups excluding carboxylic acids is 2. The van der Waals surface area contributed by atoms with E-state index >= 15 is 0 Å². The second-order valence-corrected chi connectivity index (χ2v) is 10.7. The lowest BCUT2D eigenvalue weighted by Gasteiger charge is -2.27. The maximum absolute atomic E-state index is 14.6. The van der Waals surface area contributed by atoms with E-state index in [-0.39, 0.29) is 18.0 Å². The van der Waals surface area contributed by atoms with Crippen molar-refractivity contribution in [2.45, 2.75) is 57.7 Å². The van der Waals surface area contributed by atoms with Crippen molar-refractivity contribution in [1.29, 1.82) is 0 Å². The fourth-order valence-corrected chi connectivity index (χ4v) is 5.19. The van der Waals surface area contributed by atoms with E-state index in [0.29, 0.717) is 49.1 Å². The Bertz CT molecular complexity index is 1340. The van der Waals surface area contributed by atoms with Crippen molar-refractivity contribution in [2.24, 2.45) is 0 Å². The molecule has 0 saturated carbocycles. The van der Waals surface area contributed by atoms with E-state index < -0.39 is 23.3 Å². The van der Waals surface area contributed by atoms with Gasteiger partial charge >= 0.3 is 6.09 Å². The Balaban J connectivity index is 1.34. The van der Waals surface area contributed by atoms with Crippen LogP contribution in [0.15, 0.2) is 42.7 Å². The highest BCUT2D eigenvalue weighted by Gasteiger charge is 2.32. The normalized spacial score (nSPS) is 20.0. The minimum Gasteiger partial charge on any atom is -0.444 e. The standard InChI is InChI=1S/C27H31F2N5O3/c1-27(2,3)37-26(36)31-18-8-11-32(16-18)25(35)21-15-30-34-12-9-19(14-24(21)34)33-10-4-5-23(33)20-13-17(28)6-7-22(20)29/h6-7,9,12-15,18,23H,4-5,8,10-11,16H2,1-3H3,(H,31,36)/t18-,23+/m0/s1. The first-order chi connectivity index (χ1) is 17.6. The Morgan fingerprint density at radius 2 is 1.92 bits per heavy atom.